The van der Waals surface area contributed by atoms with Crippen molar-refractivity contribution in [3.05, 3.63) is 70.2 Å². The molecule has 0 aromatic heterocycles. The smallest absolute Gasteiger partial charge is 0.0474 e. The number of benzene rings is 2. The summed E-state index contributed by atoms with van der Waals surface area (Å²) in [6, 6.07) is 19.4. The highest BCUT2D eigenvalue weighted by Gasteiger charge is 2.18. The first kappa shape index (κ1) is 16.2. The molecular formula is C18H23BrN2. The van der Waals surface area contributed by atoms with Crippen LogP contribution < -0.4 is 5.73 Å². The summed E-state index contributed by atoms with van der Waals surface area (Å²) in [6.07, 6.45) is 1.12. The van der Waals surface area contributed by atoms with Gasteiger partial charge in [-0.05, 0) is 36.2 Å². The van der Waals surface area contributed by atoms with Gasteiger partial charge in [-0.2, -0.15) is 0 Å². The maximum atomic E-state index is 6.07. The Labute approximate surface area is 136 Å². The minimum Gasteiger partial charge on any atom is -0.329 e. The Hall–Kier alpha value is -1.16. The third kappa shape index (κ3) is 4.67. The summed E-state index contributed by atoms with van der Waals surface area (Å²) >= 11 is 3.49. The molecule has 0 saturated carbocycles. The summed E-state index contributed by atoms with van der Waals surface area (Å²) < 4.78 is 1.10. The van der Waals surface area contributed by atoms with Crippen molar-refractivity contribution in [1.82, 2.24) is 4.90 Å². The lowest BCUT2D eigenvalue weighted by Gasteiger charge is -2.31. The molecule has 21 heavy (non-hydrogen) atoms. The molecule has 2 aromatic rings. The summed E-state index contributed by atoms with van der Waals surface area (Å²) in [4.78, 5) is 2.47. The second-order valence-electron chi connectivity index (χ2n) is 5.26. The van der Waals surface area contributed by atoms with E-state index in [-0.39, 0.29) is 6.04 Å². The van der Waals surface area contributed by atoms with Gasteiger partial charge in [-0.25, -0.2) is 0 Å². The average Bonchev–Trinajstić information content (AvgIpc) is 2.51. The van der Waals surface area contributed by atoms with Gasteiger partial charge in [-0.1, -0.05) is 65.3 Å². The van der Waals surface area contributed by atoms with Crippen molar-refractivity contribution >= 4 is 15.9 Å². The van der Waals surface area contributed by atoms with Crippen molar-refractivity contribution in [3.63, 3.8) is 0 Å². The van der Waals surface area contributed by atoms with Crippen molar-refractivity contribution in [3.8, 4) is 0 Å². The molecule has 2 nitrogen and oxygen atoms in total. The van der Waals surface area contributed by atoms with Crippen LogP contribution in [0.15, 0.2) is 59.1 Å². The van der Waals surface area contributed by atoms with Gasteiger partial charge in [0.15, 0.2) is 0 Å². The molecule has 0 amide bonds. The molecule has 0 saturated heterocycles. The molecule has 0 aliphatic heterocycles. The van der Waals surface area contributed by atoms with Crippen molar-refractivity contribution in [1.29, 1.82) is 0 Å². The molecular weight excluding hydrogens is 324 g/mol. The van der Waals surface area contributed by atoms with Crippen LogP contribution in [-0.4, -0.2) is 18.0 Å². The lowest BCUT2D eigenvalue weighted by molar-refractivity contribution is 0.193. The molecule has 0 radical (unpaired) electrons. The molecule has 0 heterocycles. The minimum atomic E-state index is 0.262. The van der Waals surface area contributed by atoms with E-state index in [1.807, 2.05) is 0 Å². The maximum absolute atomic E-state index is 6.07. The van der Waals surface area contributed by atoms with Gasteiger partial charge in [0.25, 0.3) is 0 Å². The van der Waals surface area contributed by atoms with E-state index in [9.17, 15) is 0 Å². The Bertz CT molecular complexity index is 525. The van der Waals surface area contributed by atoms with E-state index in [2.05, 4.69) is 82.4 Å². The second-order valence-corrected chi connectivity index (χ2v) is 6.17. The van der Waals surface area contributed by atoms with E-state index in [0.717, 1.165) is 24.0 Å². The van der Waals surface area contributed by atoms with Gasteiger partial charge in [0.1, 0.15) is 0 Å². The van der Waals surface area contributed by atoms with Crippen LogP contribution in [0.1, 0.15) is 30.5 Å². The third-order valence-electron chi connectivity index (χ3n) is 3.66. The quantitative estimate of drug-likeness (QED) is 0.806. The lowest BCUT2D eigenvalue weighted by Crippen LogP contribution is -2.34. The zero-order valence-corrected chi connectivity index (χ0v) is 14.1. The van der Waals surface area contributed by atoms with Crippen LogP contribution in [0.5, 0.6) is 0 Å². The van der Waals surface area contributed by atoms with Gasteiger partial charge in [-0.3, -0.25) is 4.90 Å². The van der Waals surface area contributed by atoms with Gasteiger partial charge in [0.2, 0.25) is 0 Å². The largest absolute Gasteiger partial charge is 0.329 e. The first-order valence-corrected chi connectivity index (χ1v) is 8.27. The fraction of sp³-hybridized carbons (Fsp3) is 0.333. The first-order valence-electron chi connectivity index (χ1n) is 7.48. The van der Waals surface area contributed by atoms with E-state index in [0.29, 0.717) is 6.54 Å². The van der Waals surface area contributed by atoms with E-state index >= 15 is 0 Å². The summed E-state index contributed by atoms with van der Waals surface area (Å²) in [6.45, 7) is 4.83. The molecule has 1 unspecified atom stereocenters. The van der Waals surface area contributed by atoms with Crippen LogP contribution in [0.3, 0.4) is 0 Å². The standard InChI is InChI=1S/C18H23BrN2/c1-2-12-21(14-15-6-4-3-5-7-15)18(13-20)16-8-10-17(19)11-9-16/h3-11,18H,2,12-14,20H2,1H3. The Morgan fingerprint density at radius 3 is 2.29 bits per heavy atom. The molecule has 0 aliphatic carbocycles. The second kappa shape index (κ2) is 8.32. The van der Waals surface area contributed by atoms with Gasteiger partial charge < -0.3 is 5.73 Å². The molecule has 3 heteroatoms. The van der Waals surface area contributed by atoms with Crippen LogP contribution in [0.2, 0.25) is 0 Å². The Morgan fingerprint density at radius 1 is 1.05 bits per heavy atom. The zero-order valence-electron chi connectivity index (χ0n) is 12.5. The van der Waals surface area contributed by atoms with Crippen molar-refractivity contribution in [2.24, 2.45) is 5.73 Å². The SMILES string of the molecule is CCCN(Cc1ccccc1)C(CN)c1ccc(Br)cc1. The van der Waals surface area contributed by atoms with Gasteiger partial charge in [0.05, 0.1) is 0 Å². The summed E-state index contributed by atoms with van der Waals surface area (Å²) in [5.41, 5.74) is 8.69. The summed E-state index contributed by atoms with van der Waals surface area (Å²) in [7, 11) is 0. The normalized spacial score (nSPS) is 12.6. The van der Waals surface area contributed by atoms with Crippen LogP contribution in [0.4, 0.5) is 0 Å². The highest BCUT2D eigenvalue weighted by atomic mass is 79.9. The lowest BCUT2D eigenvalue weighted by atomic mass is 10.0. The molecule has 2 aromatic carbocycles. The molecule has 1 atom stereocenters. The summed E-state index contributed by atoms with van der Waals surface area (Å²) in [5.74, 6) is 0. The first-order chi connectivity index (χ1) is 10.2. The van der Waals surface area contributed by atoms with E-state index in [1.54, 1.807) is 0 Å². The predicted octanol–water partition coefficient (Wildman–Crippen LogP) is 4.36. The van der Waals surface area contributed by atoms with Crippen LogP contribution in [0, 0.1) is 0 Å². The Kier molecular flexibility index (Phi) is 6.43. The van der Waals surface area contributed by atoms with Gasteiger partial charge in [0, 0.05) is 23.6 Å². The molecule has 0 spiro atoms. The monoisotopic (exact) mass is 346 g/mol. The van der Waals surface area contributed by atoms with E-state index in [4.69, 9.17) is 5.73 Å². The Balaban J connectivity index is 2.19. The molecule has 0 bridgehead atoms. The number of halogens is 1. The highest BCUT2D eigenvalue weighted by molar-refractivity contribution is 9.10. The van der Waals surface area contributed by atoms with Crippen LogP contribution >= 0.6 is 15.9 Å². The number of nitrogens with zero attached hydrogens (tertiary/aromatic N) is 1. The van der Waals surface area contributed by atoms with E-state index in [1.165, 1.54) is 11.1 Å². The minimum absolute atomic E-state index is 0.262. The molecule has 0 fully saturated rings. The molecule has 2 N–H and O–H groups in total. The topological polar surface area (TPSA) is 29.3 Å². The fourth-order valence-corrected chi connectivity index (χ4v) is 2.90. The van der Waals surface area contributed by atoms with Crippen molar-refractivity contribution < 1.29 is 0 Å². The highest BCUT2D eigenvalue weighted by Crippen LogP contribution is 2.24. The van der Waals surface area contributed by atoms with Crippen molar-refractivity contribution in [2.45, 2.75) is 25.9 Å². The van der Waals surface area contributed by atoms with Crippen molar-refractivity contribution in [2.75, 3.05) is 13.1 Å². The van der Waals surface area contributed by atoms with Crippen LogP contribution in [-0.2, 0) is 6.54 Å². The number of hydrogen-bond donors (Lipinski definition) is 1. The third-order valence-corrected chi connectivity index (χ3v) is 4.19. The fourth-order valence-electron chi connectivity index (χ4n) is 2.63. The van der Waals surface area contributed by atoms with Gasteiger partial charge in [-0.15, -0.1) is 0 Å². The molecule has 2 rings (SSSR count). The predicted molar refractivity (Wildman–Crippen MR) is 93.1 cm³/mol. The van der Waals surface area contributed by atoms with Gasteiger partial charge >= 0.3 is 0 Å². The zero-order chi connectivity index (χ0) is 15.1. The number of nitrogens with two attached hydrogens (primary N) is 1. The average molecular weight is 347 g/mol. The molecule has 112 valence electrons. The summed E-state index contributed by atoms with van der Waals surface area (Å²) in [5, 5.41) is 0. The number of hydrogen-bond acceptors (Lipinski definition) is 2. The number of rotatable bonds is 7. The molecule has 0 aliphatic rings. The Morgan fingerprint density at radius 2 is 1.71 bits per heavy atom. The van der Waals surface area contributed by atoms with E-state index < -0.39 is 0 Å². The maximum Gasteiger partial charge on any atom is 0.0474 e. The van der Waals surface area contributed by atoms with Crippen LogP contribution in [0.25, 0.3) is 0 Å².